The van der Waals surface area contributed by atoms with E-state index in [1.807, 2.05) is 6.92 Å². The number of aliphatic hydroxyl groups excluding tert-OH is 1. The topological polar surface area (TPSA) is 23.5 Å². The van der Waals surface area contributed by atoms with Crippen LogP contribution in [-0.2, 0) is 0 Å². The van der Waals surface area contributed by atoms with Crippen LogP contribution in [0.5, 0.6) is 0 Å². The Kier molecular flexibility index (Phi) is 6.26. The molecule has 0 amide bonds. The molecule has 2 nitrogen and oxygen atoms in total. The van der Waals surface area contributed by atoms with Gasteiger partial charge >= 0.3 is 0 Å². The van der Waals surface area contributed by atoms with E-state index in [1.54, 1.807) is 0 Å². The van der Waals surface area contributed by atoms with E-state index in [4.69, 9.17) is 5.11 Å². The molecule has 0 radical (unpaired) electrons. The van der Waals surface area contributed by atoms with Gasteiger partial charge in [0.1, 0.15) is 0 Å². The van der Waals surface area contributed by atoms with Crippen molar-refractivity contribution in [3.8, 4) is 0 Å². The van der Waals surface area contributed by atoms with Gasteiger partial charge in [-0.25, -0.2) is 0 Å². The molecule has 2 heteroatoms. The van der Waals surface area contributed by atoms with Crippen molar-refractivity contribution in [2.45, 2.75) is 70.4 Å². The summed E-state index contributed by atoms with van der Waals surface area (Å²) in [6, 6.07) is 0.838. The molecule has 1 aliphatic carbocycles. The number of aliphatic hydroxyl groups is 1. The third-order valence-electron chi connectivity index (χ3n) is 3.58. The maximum atomic E-state index is 9.15. The second-order valence-corrected chi connectivity index (χ2v) is 5.12. The summed E-state index contributed by atoms with van der Waals surface area (Å²) in [5, 5.41) is 9.15. The van der Waals surface area contributed by atoms with Gasteiger partial charge in [-0.15, -0.1) is 0 Å². The van der Waals surface area contributed by atoms with E-state index in [2.05, 4.69) is 11.9 Å². The van der Waals surface area contributed by atoms with Crippen LogP contribution in [0.3, 0.4) is 0 Å². The summed E-state index contributed by atoms with van der Waals surface area (Å²) in [5.41, 5.74) is 0. The Bertz CT molecular complexity index is 153. The molecule has 1 atom stereocenters. The number of hydrogen-bond donors (Lipinski definition) is 1. The van der Waals surface area contributed by atoms with Gasteiger partial charge < -0.3 is 10.0 Å². The highest BCUT2D eigenvalue weighted by atomic mass is 16.3. The Morgan fingerprint density at radius 2 is 1.87 bits per heavy atom. The Morgan fingerprint density at radius 1 is 1.20 bits per heavy atom. The van der Waals surface area contributed by atoms with Gasteiger partial charge in [0.25, 0.3) is 0 Å². The summed E-state index contributed by atoms with van der Waals surface area (Å²) >= 11 is 0. The van der Waals surface area contributed by atoms with Crippen molar-refractivity contribution in [1.82, 2.24) is 4.90 Å². The molecule has 0 heterocycles. The Hall–Kier alpha value is -0.0800. The van der Waals surface area contributed by atoms with E-state index >= 15 is 0 Å². The van der Waals surface area contributed by atoms with Crippen LogP contribution in [0.1, 0.15) is 58.3 Å². The van der Waals surface area contributed by atoms with Gasteiger partial charge in [-0.05, 0) is 52.6 Å². The van der Waals surface area contributed by atoms with Crippen LogP contribution in [0.2, 0.25) is 0 Å². The first kappa shape index (κ1) is 13.0. The van der Waals surface area contributed by atoms with Gasteiger partial charge in [0, 0.05) is 6.04 Å². The van der Waals surface area contributed by atoms with Crippen LogP contribution in [0.4, 0.5) is 0 Å². The third kappa shape index (κ3) is 5.53. The number of hydrogen-bond acceptors (Lipinski definition) is 2. The highest BCUT2D eigenvalue weighted by Crippen LogP contribution is 2.21. The molecule has 0 spiro atoms. The molecule has 0 aromatic carbocycles. The number of rotatable bonds is 6. The summed E-state index contributed by atoms with van der Waals surface area (Å²) in [7, 11) is 2.26. The van der Waals surface area contributed by atoms with Crippen molar-refractivity contribution in [2.24, 2.45) is 0 Å². The molecule has 1 N–H and O–H groups in total. The minimum absolute atomic E-state index is 0.120. The molecule has 90 valence electrons. The van der Waals surface area contributed by atoms with Crippen molar-refractivity contribution in [1.29, 1.82) is 0 Å². The minimum Gasteiger partial charge on any atom is -0.393 e. The zero-order chi connectivity index (χ0) is 11.1. The predicted molar refractivity (Wildman–Crippen MR) is 65.0 cm³/mol. The lowest BCUT2D eigenvalue weighted by Crippen LogP contribution is -2.34. The van der Waals surface area contributed by atoms with E-state index in [0.717, 1.165) is 18.9 Å². The Morgan fingerprint density at radius 3 is 2.47 bits per heavy atom. The quantitative estimate of drug-likeness (QED) is 0.686. The van der Waals surface area contributed by atoms with Crippen LogP contribution in [0.25, 0.3) is 0 Å². The average Bonchev–Trinajstić information content (AvgIpc) is 2.25. The Labute approximate surface area is 94.7 Å². The molecule has 0 bridgehead atoms. The molecule has 0 aromatic rings. The van der Waals surface area contributed by atoms with Gasteiger partial charge in [0.15, 0.2) is 0 Å². The maximum absolute atomic E-state index is 9.15. The summed E-state index contributed by atoms with van der Waals surface area (Å²) in [5.74, 6) is 0. The molecule has 1 aliphatic rings. The van der Waals surface area contributed by atoms with Crippen LogP contribution in [-0.4, -0.2) is 35.7 Å². The van der Waals surface area contributed by atoms with Crippen molar-refractivity contribution in [3.05, 3.63) is 0 Å². The first-order valence-electron chi connectivity index (χ1n) is 6.58. The smallest absolute Gasteiger partial charge is 0.0512 e. The third-order valence-corrected chi connectivity index (χ3v) is 3.58. The average molecular weight is 213 g/mol. The maximum Gasteiger partial charge on any atom is 0.0512 e. The largest absolute Gasteiger partial charge is 0.393 e. The molecule has 1 rings (SSSR count). The van der Waals surface area contributed by atoms with Gasteiger partial charge in [-0.2, -0.15) is 0 Å². The SMILES string of the molecule is CC(O)CCCCN(C)C1CCCCC1. The molecule has 1 fully saturated rings. The standard InChI is InChI=1S/C13H27NO/c1-12(15)8-6-7-11-14(2)13-9-4-3-5-10-13/h12-13,15H,3-11H2,1-2H3. The molecule has 15 heavy (non-hydrogen) atoms. The van der Waals surface area contributed by atoms with Crippen molar-refractivity contribution >= 4 is 0 Å². The zero-order valence-corrected chi connectivity index (χ0v) is 10.4. The van der Waals surface area contributed by atoms with Crippen molar-refractivity contribution < 1.29 is 5.11 Å². The van der Waals surface area contributed by atoms with E-state index in [1.165, 1.54) is 45.1 Å². The first-order chi connectivity index (χ1) is 7.20. The summed E-state index contributed by atoms with van der Waals surface area (Å²) in [6.45, 7) is 3.09. The second-order valence-electron chi connectivity index (χ2n) is 5.12. The highest BCUT2D eigenvalue weighted by Gasteiger charge is 2.17. The number of nitrogens with zero attached hydrogens (tertiary/aromatic N) is 1. The van der Waals surface area contributed by atoms with E-state index in [-0.39, 0.29) is 6.10 Å². The minimum atomic E-state index is -0.120. The molecule has 0 aliphatic heterocycles. The molecule has 0 saturated heterocycles. The van der Waals surface area contributed by atoms with Crippen LogP contribution < -0.4 is 0 Å². The lowest BCUT2D eigenvalue weighted by molar-refractivity contribution is 0.167. The van der Waals surface area contributed by atoms with Crippen molar-refractivity contribution in [3.63, 3.8) is 0 Å². The van der Waals surface area contributed by atoms with Crippen LogP contribution in [0, 0.1) is 0 Å². The molecule has 1 unspecified atom stereocenters. The monoisotopic (exact) mass is 213 g/mol. The molecule has 0 aromatic heterocycles. The summed E-state index contributed by atoms with van der Waals surface area (Å²) < 4.78 is 0. The lowest BCUT2D eigenvalue weighted by Gasteiger charge is -2.31. The number of unbranched alkanes of at least 4 members (excludes halogenated alkanes) is 1. The van der Waals surface area contributed by atoms with E-state index < -0.39 is 0 Å². The molecule has 1 saturated carbocycles. The van der Waals surface area contributed by atoms with Crippen molar-refractivity contribution in [2.75, 3.05) is 13.6 Å². The van der Waals surface area contributed by atoms with E-state index in [0.29, 0.717) is 0 Å². The van der Waals surface area contributed by atoms with Gasteiger partial charge in [0.05, 0.1) is 6.10 Å². The van der Waals surface area contributed by atoms with Gasteiger partial charge in [-0.3, -0.25) is 0 Å². The molecular formula is C13H27NO. The fourth-order valence-corrected chi connectivity index (χ4v) is 2.51. The zero-order valence-electron chi connectivity index (χ0n) is 10.4. The fourth-order valence-electron chi connectivity index (χ4n) is 2.51. The Balaban J connectivity index is 2.04. The van der Waals surface area contributed by atoms with Crippen LogP contribution >= 0.6 is 0 Å². The first-order valence-corrected chi connectivity index (χ1v) is 6.58. The highest BCUT2D eigenvalue weighted by molar-refractivity contribution is 4.73. The second kappa shape index (κ2) is 7.24. The predicted octanol–water partition coefficient (Wildman–Crippen LogP) is 2.80. The van der Waals surface area contributed by atoms with Crippen LogP contribution in [0.15, 0.2) is 0 Å². The van der Waals surface area contributed by atoms with Gasteiger partial charge in [-0.1, -0.05) is 19.3 Å². The van der Waals surface area contributed by atoms with E-state index in [9.17, 15) is 0 Å². The summed E-state index contributed by atoms with van der Waals surface area (Å²) in [4.78, 5) is 2.53. The fraction of sp³-hybridized carbons (Fsp3) is 1.00. The molecular weight excluding hydrogens is 186 g/mol. The summed E-state index contributed by atoms with van der Waals surface area (Å²) in [6.07, 6.45) is 10.3. The van der Waals surface area contributed by atoms with Gasteiger partial charge in [0.2, 0.25) is 0 Å². The lowest BCUT2D eigenvalue weighted by atomic mass is 9.94. The normalized spacial score (nSPS) is 20.8.